The van der Waals surface area contributed by atoms with Gasteiger partial charge >= 0.3 is 0 Å². The molecule has 1 aliphatic rings. The van der Waals surface area contributed by atoms with E-state index in [0.717, 1.165) is 16.4 Å². The van der Waals surface area contributed by atoms with Gasteiger partial charge in [0.05, 0.1) is 9.82 Å². The molecule has 2 aromatic rings. The van der Waals surface area contributed by atoms with Crippen LogP contribution >= 0.6 is 0 Å². The molecule has 1 aliphatic heterocycles. The van der Waals surface area contributed by atoms with Crippen LogP contribution in [-0.2, 0) is 14.8 Å². The lowest BCUT2D eigenvalue weighted by molar-refractivity contribution is -0.384. The number of nitro benzene ring substituents is 1. The second kappa shape index (κ2) is 8.67. The van der Waals surface area contributed by atoms with Crippen molar-refractivity contribution in [2.24, 2.45) is 0 Å². The number of nitro groups is 1. The van der Waals surface area contributed by atoms with Gasteiger partial charge in [0.1, 0.15) is 0 Å². The number of nitrogens with zero attached hydrogens (tertiary/aromatic N) is 3. The van der Waals surface area contributed by atoms with E-state index in [0.29, 0.717) is 11.6 Å². The topological polar surface area (TPSA) is 101 Å². The summed E-state index contributed by atoms with van der Waals surface area (Å²) < 4.78 is 52.7. The zero-order valence-corrected chi connectivity index (χ0v) is 16.4. The predicted octanol–water partition coefficient (Wildman–Crippen LogP) is 2.42. The van der Waals surface area contributed by atoms with Crippen molar-refractivity contribution >= 4 is 27.7 Å². The predicted molar refractivity (Wildman–Crippen MR) is 104 cm³/mol. The van der Waals surface area contributed by atoms with Crippen LogP contribution in [0, 0.1) is 21.7 Å². The first kappa shape index (κ1) is 21.5. The van der Waals surface area contributed by atoms with Gasteiger partial charge in [-0.05, 0) is 29.8 Å². The van der Waals surface area contributed by atoms with Crippen LogP contribution in [0.5, 0.6) is 0 Å². The Morgan fingerprint density at radius 2 is 1.73 bits per heavy atom. The fourth-order valence-corrected chi connectivity index (χ4v) is 4.38. The van der Waals surface area contributed by atoms with Crippen LogP contribution < -0.4 is 0 Å². The fraction of sp³-hybridized carbons (Fsp3) is 0.211. The molecule has 158 valence electrons. The SMILES string of the molecule is O=C(/C=C/c1cccc([N+](=O)[O-])c1)N1CCN(S(=O)(=O)c2ccc(F)c(F)c2)CC1. The quantitative estimate of drug-likeness (QED) is 0.406. The highest BCUT2D eigenvalue weighted by Crippen LogP contribution is 2.20. The van der Waals surface area contributed by atoms with Gasteiger partial charge < -0.3 is 4.90 Å². The van der Waals surface area contributed by atoms with Crippen molar-refractivity contribution in [3.05, 3.63) is 75.9 Å². The average Bonchev–Trinajstić information content (AvgIpc) is 2.74. The minimum absolute atomic E-state index is 0.00226. The number of non-ortho nitro benzene ring substituents is 1. The van der Waals surface area contributed by atoms with E-state index in [2.05, 4.69) is 0 Å². The van der Waals surface area contributed by atoms with Crippen LogP contribution in [0.15, 0.2) is 53.4 Å². The number of benzene rings is 2. The number of sulfonamides is 1. The summed E-state index contributed by atoms with van der Waals surface area (Å²) in [5, 5.41) is 10.8. The second-order valence-electron chi connectivity index (χ2n) is 6.49. The van der Waals surface area contributed by atoms with Crippen molar-refractivity contribution in [3.8, 4) is 0 Å². The Balaban J connectivity index is 1.63. The Labute approximate surface area is 171 Å². The Morgan fingerprint density at radius 3 is 2.37 bits per heavy atom. The molecule has 3 rings (SSSR count). The van der Waals surface area contributed by atoms with E-state index in [-0.39, 0.29) is 42.7 Å². The van der Waals surface area contributed by atoms with Crippen molar-refractivity contribution in [2.75, 3.05) is 26.2 Å². The standard InChI is InChI=1S/C19H17F2N3O5S/c20-17-6-5-16(13-18(17)21)30(28,29)23-10-8-22(9-11-23)19(25)7-4-14-2-1-3-15(12-14)24(26)27/h1-7,12-13H,8-11H2/b7-4+. The van der Waals surface area contributed by atoms with Gasteiger partial charge in [0.15, 0.2) is 11.6 Å². The summed E-state index contributed by atoms with van der Waals surface area (Å²) in [6.07, 6.45) is 2.71. The molecular formula is C19H17F2N3O5S. The molecule has 0 saturated carbocycles. The summed E-state index contributed by atoms with van der Waals surface area (Å²) >= 11 is 0. The van der Waals surface area contributed by atoms with E-state index >= 15 is 0 Å². The lowest BCUT2D eigenvalue weighted by Crippen LogP contribution is -2.50. The molecule has 8 nitrogen and oxygen atoms in total. The molecule has 1 fully saturated rings. The second-order valence-corrected chi connectivity index (χ2v) is 8.43. The average molecular weight is 437 g/mol. The Kier molecular flexibility index (Phi) is 6.22. The minimum atomic E-state index is -4.01. The van der Waals surface area contributed by atoms with E-state index in [1.165, 1.54) is 35.3 Å². The van der Waals surface area contributed by atoms with E-state index < -0.39 is 26.6 Å². The molecular weight excluding hydrogens is 420 g/mol. The third-order valence-corrected chi connectivity index (χ3v) is 6.47. The van der Waals surface area contributed by atoms with Gasteiger partial charge in [-0.1, -0.05) is 12.1 Å². The van der Waals surface area contributed by atoms with E-state index in [9.17, 15) is 32.1 Å². The number of hydrogen-bond donors (Lipinski definition) is 0. The molecule has 0 N–H and O–H groups in total. The van der Waals surface area contributed by atoms with Crippen molar-refractivity contribution < 1.29 is 26.9 Å². The molecule has 1 heterocycles. The van der Waals surface area contributed by atoms with Gasteiger partial charge in [-0.2, -0.15) is 4.31 Å². The van der Waals surface area contributed by atoms with Gasteiger partial charge in [-0.3, -0.25) is 14.9 Å². The maximum absolute atomic E-state index is 13.4. The Morgan fingerprint density at radius 1 is 1.03 bits per heavy atom. The largest absolute Gasteiger partial charge is 0.337 e. The number of rotatable bonds is 5. The first-order valence-electron chi connectivity index (χ1n) is 8.85. The minimum Gasteiger partial charge on any atom is -0.337 e. The van der Waals surface area contributed by atoms with Crippen LogP contribution in [0.2, 0.25) is 0 Å². The molecule has 0 aliphatic carbocycles. The summed E-state index contributed by atoms with van der Waals surface area (Å²) in [6.45, 7) is 0.220. The first-order valence-corrected chi connectivity index (χ1v) is 10.3. The molecule has 0 radical (unpaired) electrons. The molecule has 30 heavy (non-hydrogen) atoms. The van der Waals surface area contributed by atoms with Gasteiger partial charge in [-0.15, -0.1) is 0 Å². The van der Waals surface area contributed by atoms with E-state index in [1.807, 2.05) is 0 Å². The third-order valence-electron chi connectivity index (χ3n) is 4.58. The summed E-state index contributed by atoms with van der Waals surface area (Å²) in [6, 6.07) is 8.16. The van der Waals surface area contributed by atoms with Gasteiger partial charge in [0.25, 0.3) is 5.69 Å². The smallest absolute Gasteiger partial charge is 0.270 e. The fourth-order valence-electron chi connectivity index (χ4n) is 2.95. The maximum atomic E-state index is 13.4. The highest BCUT2D eigenvalue weighted by molar-refractivity contribution is 7.89. The number of halogens is 2. The summed E-state index contributed by atoms with van der Waals surface area (Å²) in [5.74, 6) is -2.76. The highest BCUT2D eigenvalue weighted by Gasteiger charge is 2.30. The number of carbonyl (C=O) groups excluding carboxylic acids is 1. The number of piperazine rings is 1. The van der Waals surface area contributed by atoms with Crippen molar-refractivity contribution in [1.82, 2.24) is 9.21 Å². The lowest BCUT2D eigenvalue weighted by Gasteiger charge is -2.33. The zero-order valence-electron chi connectivity index (χ0n) is 15.6. The third kappa shape index (κ3) is 4.69. The number of hydrogen-bond acceptors (Lipinski definition) is 5. The molecule has 0 aromatic heterocycles. The maximum Gasteiger partial charge on any atom is 0.270 e. The Bertz CT molecular complexity index is 1110. The van der Waals surface area contributed by atoms with E-state index in [1.54, 1.807) is 6.07 Å². The van der Waals surface area contributed by atoms with Crippen LogP contribution in [0.25, 0.3) is 6.08 Å². The van der Waals surface area contributed by atoms with Gasteiger partial charge in [0.2, 0.25) is 15.9 Å². The molecule has 0 unspecified atom stereocenters. The van der Waals surface area contributed by atoms with Gasteiger partial charge in [-0.25, -0.2) is 17.2 Å². The summed E-state index contributed by atoms with van der Waals surface area (Å²) in [5.41, 5.74) is 0.387. The molecule has 0 spiro atoms. The molecule has 0 bridgehead atoms. The van der Waals surface area contributed by atoms with Gasteiger partial charge in [0, 0.05) is 44.4 Å². The van der Waals surface area contributed by atoms with Crippen molar-refractivity contribution in [3.63, 3.8) is 0 Å². The molecule has 11 heteroatoms. The molecule has 1 amide bonds. The molecule has 1 saturated heterocycles. The van der Waals surface area contributed by atoms with Crippen LogP contribution in [0.4, 0.5) is 14.5 Å². The molecule has 0 atom stereocenters. The van der Waals surface area contributed by atoms with Crippen molar-refractivity contribution in [2.45, 2.75) is 4.90 Å². The van der Waals surface area contributed by atoms with Crippen LogP contribution in [0.3, 0.4) is 0 Å². The monoisotopic (exact) mass is 437 g/mol. The van der Waals surface area contributed by atoms with Crippen molar-refractivity contribution in [1.29, 1.82) is 0 Å². The number of amides is 1. The van der Waals surface area contributed by atoms with E-state index in [4.69, 9.17) is 0 Å². The van der Waals surface area contributed by atoms with Crippen LogP contribution in [-0.4, -0.2) is 54.6 Å². The number of carbonyl (C=O) groups is 1. The lowest BCUT2D eigenvalue weighted by atomic mass is 10.2. The van der Waals surface area contributed by atoms with Crippen LogP contribution in [0.1, 0.15) is 5.56 Å². The summed E-state index contributed by atoms with van der Waals surface area (Å²) in [7, 11) is -4.01. The normalized spacial score (nSPS) is 15.5. The zero-order chi connectivity index (χ0) is 21.9. The highest BCUT2D eigenvalue weighted by atomic mass is 32.2. The first-order chi connectivity index (χ1) is 14.2. The summed E-state index contributed by atoms with van der Waals surface area (Å²) in [4.78, 5) is 23.7. The molecule has 2 aromatic carbocycles. The Hall–Kier alpha value is -3.18.